The van der Waals surface area contributed by atoms with E-state index in [2.05, 4.69) is 125 Å². The molecule has 0 heteroatoms. The molecular formula is C32H28. The predicted octanol–water partition coefficient (Wildman–Crippen LogP) is 9.37. The van der Waals surface area contributed by atoms with Gasteiger partial charge in [-0.25, -0.2) is 0 Å². The van der Waals surface area contributed by atoms with Gasteiger partial charge in [0.05, 0.1) is 0 Å². The number of fused-ring (bicyclic) bond motifs is 2. The zero-order chi connectivity index (χ0) is 22.2. The van der Waals surface area contributed by atoms with E-state index in [1.54, 1.807) is 0 Å². The molecule has 32 heavy (non-hydrogen) atoms. The largest absolute Gasteiger partial charge is 0.0877 e. The van der Waals surface area contributed by atoms with E-state index in [0.29, 0.717) is 0 Å². The Morgan fingerprint density at radius 2 is 1.34 bits per heavy atom. The monoisotopic (exact) mass is 412 g/mol. The lowest BCUT2D eigenvalue weighted by Gasteiger charge is -2.15. The summed E-state index contributed by atoms with van der Waals surface area (Å²) in [5.41, 5.74) is 10.6. The fraction of sp³-hybridized carbons (Fsp3) is 0.125. The van der Waals surface area contributed by atoms with Crippen LogP contribution in [0.5, 0.6) is 0 Å². The van der Waals surface area contributed by atoms with Crippen molar-refractivity contribution in [1.29, 1.82) is 0 Å². The van der Waals surface area contributed by atoms with Crippen LogP contribution in [0.25, 0.3) is 43.8 Å². The molecule has 0 spiro atoms. The van der Waals surface area contributed by atoms with Crippen molar-refractivity contribution in [3.63, 3.8) is 0 Å². The lowest BCUT2D eigenvalue weighted by molar-refractivity contribution is 1.35. The Hall–Kier alpha value is -3.64. The highest BCUT2D eigenvalue weighted by molar-refractivity contribution is 6.27. The Bertz CT molecular complexity index is 1470. The van der Waals surface area contributed by atoms with Crippen LogP contribution >= 0.6 is 0 Å². The molecule has 1 aliphatic carbocycles. The summed E-state index contributed by atoms with van der Waals surface area (Å²) in [7, 11) is 0. The summed E-state index contributed by atoms with van der Waals surface area (Å²) in [6.45, 7) is 8.74. The zero-order valence-electron chi connectivity index (χ0n) is 19.2. The molecule has 0 fully saturated rings. The molecule has 0 bridgehead atoms. The first-order valence-electron chi connectivity index (χ1n) is 11.3. The van der Waals surface area contributed by atoms with Gasteiger partial charge in [-0.1, -0.05) is 97.1 Å². The van der Waals surface area contributed by atoms with Crippen LogP contribution in [0.1, 0.15) is 38.8 Å². The highest BCUT2D eigenvalue weighted by Gasteiger charge is 2.25. The van der Waals surface area contributed by atoms with Crippen LogP contribution in [0.15, 0.2) is 108 Å². The summed E-state index contributed by atoms with van der Waals surface area (Å²) >= 11 is 0. The topological polar surface area (TPSA) is 0 Å². The van der Waals surface area contributed by atoms with Gasteiger partial charge in [-0.2, -0.15) is 0 Å². The Labute approximate surface area is 190 Å². The van der Waals surface area contributed by atoms with E-state index in [0.717, 1.165) is 0 Å². The quantitative estimate of drug-likeness (QED) is 0.231. The van der Waals surface area contributed by atoms with Gasteiger partial charge >= 0.3 is 0 Å². The van der Waals surface area contributed by atoms with Crippen LogP contribution in [0, 0.1) is 0 Å². The minimum atomic E-state index is 1.27. The number of allylic oxidation sites excluding steroid dienone is 8. The lowest BCUT2D eigenvalue weighted by Crippen LogP contribution is -1.90. The molecule has 0 N–H and O–H groups in total. The van der Waals surface area contributed by atoms with E-state index in [4.69, 9.17) is 0 Å². The van der Waals surface area contributed by atoms with Gasteiger partial charge in [0.2, 0.25) is 0 Å². The highest BCUT2D eigenvalue weighted by Crippen LogP contribution is 2.50. The van der Waals surface area contributed by atoms with Crippen LogP contribution in [-0.4, -0.2) is 0 Å². The summed E-state index contributed by atoms with van der Waals surface area (Å²) in [4.78, 5) is 0. The molecule has 0 radical (unpaired) electrons. The molecular weight excluding hydrogens is 384 g/mol. The normalized spacial score (nSPS) is 14.4. The molecule has 156 valence electrons. The van der Waals surface area contributed by atoms with Gasteiger partial charge in [-0.3, -0.25) is 0 Å². The summed E-state index contributed by atoms with van der Waals surface area (Å²) in [5.74, 6) is 0. The first-order chi connectivity index (χ1) is 15.6. The van der Waals surface area contributed by atoms with Gasteiger partial charge in [-0.15, -0.1) is 0 Å². The van der Waals surface area contributed by atoms with Crippen LogP contribution < -0.4 is 0 Å². The van der Waals surface area contributed by atoms with Gasteiger partial charge in [0.25, 0.3) is 0 Å². The molecule has 5 rings (SSSR count). The molecule has 0 heterocycles. The predicted molar refractivity (Wildman–Crippen MR) is 142 cm³/mol. The fourth-order valence-corrected chi connectivity index (χ4v) is 4.98. The first-order valence-corrected chi connectivity index (χ1v) is 11.3. The molecule has 0 unspecified atom stereocenters. The second kappa shape index (κ2) is 8.13. The van der Waals surface area contributed by atoms with Crippen molar-refractivity contribution < 1.29 is 0 Å². The zero-order valence-corrected chi connectivity index (χ0v) is 19.2. The maximum Gasteiger partial charge on any atom is -0.00171 e. The van der Waals surface area contributed by atoms with Crippen LogP contribution in [0.2, 0.25) is 0 Å². The van der Waals surface area contributed by atoms with E-state index in [9.17, 15) is 0 Å². The summed E-state index contributed by atoms with van der Waals surface area (Å²) in [5, 5.41) is 5.38. The van der Waals surface area contributed by atoms with Crippen molar-refractivity contribution >= 4 is 32.7 Å². The van der Waals surface area contributed by atoms with E-state index in [1.165, 1.54) is 66.1 Å². The van der Waals surface area contributed by atoms with E-state index >= 15 is 0 Å². The minimum Gasteiger partial charge on any atom is -0.0877 e. The average molecular weight is 413 g/mol. The van der Waals surface area contributed by atoms with Crippen molar-refractivity contribution in [3.05, 3.63) is 119 Å². The average Bonchev–Trinajstić information content (AvgIpc) is 3.11. The van der Waals surface area contributed by atoms with Gasteiger partial charge in [-0.05, 0) is 93.8 Å². The van der Waals surface area contributed by atoms with Gasteiger partial charge in [0, 0.05) is 0 Å². The maximum absolute atomic E-state index is 2.37. The highest BCUT2D eigenvalue weighted by atomic mass is 14.3. The minimum absolute atomic E-state index is 1.27. The van der Waals surface area contributed by atoms with E-state index in [-0.39, 0.29) is 0 Å². The SMILES string of the molecule is C\C=C/C=C(C)/C(C)=C/C1=C(C)c2c3ccccc3c(-c3ccccc3)c3cccc1c23. The molecule has 0 atom stereocenters. The van der Waals surface area contributed by atoms with Crippen LogP contribution in [0.3, 0.4) is 0 Å². The van der Waals surface area contributed by atoms with Crippen molar-refractivity contribution in [3.8, 4) is 11.1 Å². The van der Waals surface area contributed by atoms with Crippen LogP contribution in [-0.2, 0) is 0 Å². The molecule has 0 saturated carbocycles. The Morgan fingerprint density at radius 3 is 2.06 bits per heavy atom. The van der Waals surface area contributed by atoms with Crippen molar-refractivity contribution in [1.82, 2.24) is 0 Å². The Morgan fingerprint density at radius 1 is 0.688 bits per heavy atom. The number of hydrogen-bond donors (Lipinski definition) is 0. The molecule has 0 aromatic heterocycles. The first kappa shape index (κ1) is 20.3. The second-order valence-electron chi connectivity index (χ2n) is 8.63. The van der Waals surface area contributed by atoms with Gasteiger partial charge in [0.1, 0.15) is 0 Å². The molecule has 4 aromatic rings. The van der Waals surface area contributed by atoms with Gasteiger partial charge in [0.15, 0.2) is 0 Å². The molecule has 0 aliphatic heterocycles. The second-order valence-corrected chi connectivity index (χ2v) is 8.63. The molecule has 0 saturated heterocycles. The summed E-state index contributed by atoms with van der Waals surface area (Å²) in [6, 6.07) is 26.5. The Balaban J connectivity index is 1.86. The Kier molecular flexibility index (Phi) is 5.15. The van der Waals surface area contributed by atoms with E-state index in [1.807, 2.05) is 0 Å². The van der Waals surface area contributed by atoms with Crippen molar-refractivity contribution in [2.75, 3.05) is 0 Å². The van der Waals surface area contributed by atoms with Crippen molar-refractivity contribution in [2.24, 2.45) is 0 Å². The van der Waals surface area contributed by atoms with Crippen molar-refractivity contribution in [2.45, 2.75) is 27.7 Å². The number of rotatable bonds is 4. The summed E-state index contributed by atoms with van der Waals surface area (Å²) in [6.07, 6.45) is 8.74. The van der Waals surface area contributed by atoms with Gasteiger partial charge < -0.3 is 0 Å². The molecule has 0 nitrogen and oxygen atoms in total. The third-order valence-electron chi connectivity index (χ3n) is 6.70. The number of hydrogen-bond acceptors (Lipinski definition) is 0. The molecule has 1 aliphatic rings. The third-order valence-corrected chi connectivity index (χ3v) is 6.70. The third kappa shape index (κ3) is 3.15. The molecule has 4 aromatic carbocycles. The molecule has 0 amide bonds. The lowest BCUT2D eigenvalue weighted by atomic mass is 9.87. The van der Waals surface area contributed by atoms with E-state index < -0.39 is 0 Å². The number of benzene rings is 4. The smallest absolute Gasteiger partial charge is 0.00171 e. The maximum atomic E-state index is 2.37. The van der Waals surface area contributed by atoms with Crippen LogP contribution in [0.4, 0.5) is 0 Å². The standard InChI is InChI=1S/C32H28/c1-5-6-13-21(2)22(3)20-29-23(4)30-25-16-10-11-17-26(25)31(24-14-8-7-9-15-24)28-19-12-18-27(29)32(28)30/h5-20H,1-4H3/b6-5-,21-13+,22-20+. The fourth-order valence-electron chi connectivity index (χ4n) is 4.98. The summed E-state index contributed by atoms with van der Waals surface area (Å²) < 4.78 is 0.